The monoisotopic (exact) mass is 248 g/mol. The average molecular weight is 248 g/mol. The van der Waals surface area contributed by atoms with Crippen molar-refractivity contribution in [3.63, 3.8) is 0 Å². The molecule has 2 N–H and O–H groups in total. The maximum atomic E-state index is 10.4. The molecule has 4 nitrogen and oxygen atoms in total. The standard InChI is InChI=1S/C10H10O2.C4H6O2/c1-8(10(11)12)7-9-5-3-2-4-6-9;1-3(2)4(5)6/h2-6H,1,7H2,(H,11,12);1H2,2H3,(H,5,6). The predicted molar refractivity (Wildman–Crippen MR) is 69.4 cm³/mol. The first-order valence-electron chi connectivity index (χ1n) is 5.18. The van der Waals surface area contributed by atoms with Gasteiger partial charge in [0.2, 0.25) is 0 Å². The number of carboxylic acid groups (broad SMARTS) is 2. The molecule has 0 aromatic heterocycles. The van der Waals surface area contributed by atoms with Crippen LogP contribution in [0.4, 0.5) is 0 Å². The van der Waals surface area contributed by atoms with Gasteiger partial charge in [-0.25, -0.2) is 9.59 Å². The van der Waals surface area contributed by atoms with Crippen LogP contribution in [0.3, 0.4) is 0 Å². The van der Waals surface area contributed by atoms with E-state index in [4.69, 9.17) is 10.2 Å². The first-order valence-corrected chi connectivity index (χ1v) is 5.18. The molecule has 1 rings (SSSR count). The number of carboxylic acids is 2. The molecule has 0 amide bonds. The molecule has 0 saturated heterocycles. The van der Waals surface area contributed by atoms with E-state index in [1.807, 2.05) is 30.3 Å². The van der Waals surface area contributed by atoms with Crippen LogP contribution >= 0.6 is 0 Å². The quantitative estimate of drug-likeness (QED) is 0.803. The maximum Gasteiger partial charge on any atom is 0.331 e. The zero-order valence-corrected chi connectivity index (χ0v) is 10.2. The van der Waals surface area contributed by atoms with Gasteiger partial charge in [0.15, 0.2) is 0 Å². The SMILES string of the molecule is C=C(C)C(=O)O.C=C(Cc1ccccc1)C(=O)O. The van der Waals surface area contributed by atoms with Crippen molar-refractivity contribution in [2.24, 2.45) is 0 Å². The van der Waals surface area contributed by atoms with E-state index in [-0.39, 0.29) is 11.1 Å². The Balaban J connectivity index is 0.000000411. The molecule has 0 radical (unpaired) electrons. The minimum atomic E-state index is -0.935. The summed E-state index contributed by atoms with van der Waals surface area (Å²) < 4.78 is 0. The fourth-order valence-electron chi connectivity index (χ4n) is 0.918. The van der Waals surface area contributed by atoms with Crippen molar-refractivity contribution >= 4 is 11.9 Å². The van der Waals surface area contributed by atoms with Gasteiger partial charge in [0.1, 0.15) is 0 Å². The lowest BCUT2D eigenvalue weighted by Crippen LogP contribution is -2.01. The van der Waals surface area contributed by atoms with Crippen molar-refractivity contribution in [2.45, 2.75) is 13.3 Å². The number of hydrogen-bond donors (Lipinski definition) is 2. The van der Waals surface area contributed by atoms with E-state index in [0.29, 0.717) is 6.42 Å². The van der Waals surface area contributed by atoms with Crippen LogP contribution in [0.2, 0.25) is 0 Å². The summed E-state index contributed by atoms with van der Waals surface area (Å²) in [6, 6.07) is 9.42. The van der Waals surface area contributed by atoms with Crippen LogP contribution in [0.1, 0.15) is 12.5 Å². The van der Waals surface area contributed by atoms with Crippen LogP contribution in [0.5, 0.6) is 0 Å². The fourth-order valence-corrected chi connectivity index (χ4v) is 0.918. The summed E-state index contributed by atoms with van der Waals surface area (Å²) in [6.07, 6.45) is 0.413. The van der Waals surface area contributed by atoms with Crippen molar-refractivity contribution in [2.75, 3.05) is 0 Å². The maximum absolute atomic E-state index is 10.4. The minimum absolute atomic E-state index is 0.176. The highest BCUT2D eigenvalue weighted by molar-refractivity contribution is 5.86. The second kappa shape index (κ2) is 7.84. The van der Waals surface area contributed by atoms with E-state index in [2.05, 4.69) is 13.2 Å². The van der Waals surface area contributed by atoms with Gasteiger partial charge >= 0.3 is 11.9 Å². The summed E-state index contributed by atoms with van der Waals surface area (Å²) in [5, 5.41) is 16.4. The zero-order chi connectivity index (χ0) is 14.1. The summed E-state index contributed by atoms with van der Waals surface area (Å²) in [5.41, 5.74) is 1.38. The zero-order valence-electron chi connectivity index (χ0n) is 10.2. The third-order valence-electron chi connectivity index (χ3n) is 1.93. The van der Waals surface area contributed by atoms with Crippen molar-refractivity contribution in [1.29, 1.82) is 0 Å². The van der Waals surface area contributed by atoms with Crippen LogP contribution in [0, 0.1) is 0 Å². The molecule has 0 saturated carbocycles. The molecule has 0 unspecified atom stereocenters. The summed E-state index contributed by atoms with van der Waals surface area (Å²) in [6.45, 7) is 8.05. The van der Waals surface area contributed by atoms with E-state index < -0.39 is 11.9 Å². The average Bonchev–Trinajstić information content (AvgIpc) is 2.30. The molecular weight excluding hydrogens is 232 g/mol. The fraction of sp³-hybridized carbons (Fsp3) is 0.143. The molecule has 0 atom stereocenters. The summed E-state index contributed by atoms with van der Waals surface area (Å²) in [7, 11) is 0. The number of carbonyl (C=O) groups is 2. The van der Waals surface area contributed by atoms with Crippen LogP contribution in [-0.2, 0) is 16.0 Å². The van der Waals surface area contributed by atoms with Gasteiger partial charge in [-0.2, -0.15) is 0 Å². The lowest BCUT2D eigenvalue weighted by Gasteiger charge is -1.99. The highest BCUT2D eigenvalue weighted by Crippen LogP contribution is 2.05. The van der Waals surface area contributed by atoms with Crippen molar-refractivity contribution in [1.82, 2.24) is 0 Å². The molecule has 0 fully saturated rings. The van der Waals surface area contributed by atoms with Gasteiger partial charge in [-0.3, -0.25) is 0 Å². The van der Waals surface area contributed by atoms with Gasteiger partial charge in [0, 0.05) is 17.6 Å². The number of hydrogen-bond acceptors (Lipinski definition) is 2. The van der Waals surface area contributed by atoms with Gasteiger partial charge in [-0.05, 0) is 12.5 Å². The minimum Gasteiger partial charge on any atom is -0.478 e. The Morgan fingerprint density at radius 3 is 1.83 bits per heavy atom. The third kappa shape index (κ3) is 7.00. The Morgan fingerprint density at radius 2 is 1.50 bits per heavy atom. The summed E-state index contributed by atoms with van der Waals surface area (Å²) >= 11 is 0. The van der Waals surface area contributed by atoms with Crippen LogP contribution in [0.25, 0.3) is 0 Å². The molecule has 0 aliphatic carbocycles. The lowest BCUT2D eigenvalue weighted by molar-refractivity contribution is -0.133. The lowest BCUT2D eigenvalue weighted by atomic mass is 10.1. The first-order chi connectivity index (χ1) is 8.34. The summed E-state index contributed by atoms with van der Waals surface area (Å²) in [5.74, 6) is -1.87. The highest BCUT2D eigenvalue weighted by Gasteiger charge is 2.03. The number of rotatable bonds is 4. The molecule has 0 heterocycles. The Bertz CT molecular complexity index is 434. The summed E-state index contributed by atoms with van der Waals surface area (Å²) in [4.78, 5) is 20.0. The molecule has 18 heavy (non-hydrogen) atoms. The van der Waals surface area contributed by atoms with Crippen LogP contribution < -0.4 is 0 Å². The smallest absolute Gasteiger partial charge is 0.331 e. The number of aliphatic carboxylic acids is 2. The normalized spacial score (nSPS) is 8.72. The third-order valence-corrected chi connectivity index (χ3v) is 1.93. The molecule has 0 aliphatic rings. The molecule has 0 spiro atoms. The molecule has 1 aromatic carbocycles. The van der Waals surface area contributed by atoms with Gasteiger partial charge in [-0.15, -0.1) is 0 Å². The van der Waals surface area contributed by atoms with Gasteiger partial charge < -0.3 is 10.2 Å². The second-order valence-electron chi connectivity index (χ2n) is 3.66. The van der Waals surface area contributed by atoms with Crippen LogP contribution in [-0.4, -0.2) is 22.2 Å². The topological polar surface area (TPSA) is 74.6 Å². The van der Waals surface area contributed by atoms with E-state index in [1.54, 1.807) is 0 Å². The van der Waals surface area contributed by atoms with E-state index >= 15 is 0 Å². The Labute approximate surface area is 106 Å². The molecule has 0 bridgehead atoms. The Morgan fingerprint density at radius 1 is 1.06 bits per heavy atom. The number of benzene rings is 1. The molecule has 0 aliphatic heterocycles. The van der Waals surface area contributed by atoms with Crippen LogP contribution in [0.15, 0.2) is 54.6 Å². The molecule has 1 aromatic rings. The molecule has 96 valence electrons. The first kappa shape index (κ1) is 15.6. The molecular formula is C14H16O4. The van der Waals surface area contributed by atoms with E-state index in [1.165, 1.54) is 6.92 Å². The largest absolute Gasteiger partial charge is 0.478 e. The van der Waals surface area contributed by atoms with E-state index in [9.17, 15) is 9.59 Å². The Hall–Kier alpha value is -2.36. The predicted octanol–water partition coefficient (Wildman–Crippen LogP) is 2.52. The van der Waals surface area contributed by atoms with Gasteiger partial charge in [0.05, 0.1) is 0 Å². The molecule has 4 heteroatoms. The highest BCUT2D eigenvalue weighted by atomic mass is 16.4. The van der Waals surface area contributed by atoms with Crippen molar-refractivity contribution < 1.29 is 19.8 Å². The van der Waals surface area contributed by atoms with Gasteiger partial charge in [0.25, 0.3) is 0 Å². The van der Waals surface area contributed by atoms with E-state index in [0.717, 1.165) is 5.56 Å². The Kier molecular flexibility index (Phi) is 6.81. The second-order valence-corrected chi connectivity index (χ2v) is 3.66. The van der Waals surface area contributed by atoms with Gasteiger partial charge in [-0.1, -0.05) is 43.5 Å². The van der Waals surface area contributed by atoms with Crippen molar-refractivity contribution in [3.05, 3.63) is 60.2 Å². The van der Waals surface area contributed by atoms with Crippen molar-refractivity contribution in [3.8, 4) is 0 Å².